The molecule has 0 aliphatic carbocycles. The van der Waals surface area contributed by atoms with Crippen LogP contribution < -0.4 is 0 Å². The van der Waals surface area contributed by atoms with Crippen molar-refractivity contribution < 1.29 is 18.4 Å². The van der Waals surface area contributed by atoms with Gasteiger partial charge >= 0.3 is 0 Å². The average molecular weight is 339 g/mol. The minimum absolute atomic E-state index is 0.110. The number of rotatable bonds is 2. The zero-order valence-corrected chi connectivity index (χ0v) is 13.8. The van der Waals surface area contributed by atoms with Crippen LogP contribution in [0.25, 0.3) is 11.0 Å². The first kappa shape index (κ1) is 14.7. The normalized spacial score (nSPS) is 25.6. The van der Waals surface area contributed by atoms with Crippen LogP contribution in [-0.4, -0.2) is 47.3 Å². The number of hydrogen-bond acceptors (Lipinski definition) is 6. The van der Waals surface area contributed by atoms with Gasteiger partial charge in [-0.25, -0.2) is 0 Å². The number of likely N-dealkylation sites (tertiary alicyclic amines) is 1. The minimum atomic E-state index is -0.414. The summed E-state index contributed by atoms with van der Waals surface area (Å²) in [7, 11) is 0. The van der Waals surface area contributed by atoms with Crippen LogP contribution in [0.15, 0.2) is 39.2 Å². The number of aromatic nitrogens is 2. The van der Waals surface area contributed by atoms with Crippen LogP contribution in [0.2, 0.25) is 0 Å². The van der Waals surface area contributed by atoms with E-state index in [9.17, 15) is 4.79 Å². The molecule has 0 radical (unpaired) electrons. The standard InChI is InChI=1S/C18H17N3O4/c1-11-19-20-17(24-11)18-9-21(7-13(18)8-23-10-18)16(22)15-6-12-4-2-3-5-14(12)25-15/h2-6,13H,7-10H2,1H3/t13-,18-/m0/s1. The summed E-state index contributed by atoms with van der Waals surface area (Å²) in [6, 6.07) is 9.42. The second kappa shape index (κ2) is 5.16. The van der Waals surface area contributed by atoms with Crippen molar-refractivity contribution in [3.8, 4) is 0 Å². The first-order chi connectivity index (χ1) is 12.2. The van der Waals surface area contributed by atoms with E-state index in [0.717, 1.165) is 11.0 Å². The van der Waals surface area contributed by atoms with Gasteiger partial charge in [-0.2, -0.15) is 0 Å². The first-order valence-corrected chi connectivity index (χ1v) is 8.32. The fourth-order valence-corrected chi connectivity index (χ4v) is 3.93. The highest BCUT2D eigenvalue weighted by Crippen LogP contribution is 2.43. The molecule has 2 aliphatic heterocycles. The lowest BCUT2D eigenvalue weighted by Gasteiger charge is -2.22. The molecular weight excluding hydrogens is 322 g/mol. The summed E-state index contributed by atoms with van der Waals surface area (Å²) in [5.74, 6) is 1.49. The van der Waals surface area contributed by atoms with Gasteiger partial charge in [0.15, 0.2) is 5.76 Å². The number of fused-ring (bicyclic) bond motifs is 2. The molecule has 25 heavy (non-hydrogen) atoms. The highest BCUT2D eigenvalue weighted by atomic mass is 16.5. The largest absolute Gasteiger partial charge is 0.451 e. The van der Waals surface area contributed by atoms with Crippen molar-refractivity contribution in [2.24, 2.45) is 5.92 Å². The van der Waals surface area contributed by atoms with Gasteiger partial charge < -0.3 is 18.5 Å². The van der Waals surface area contributed by atoms with Crippen LogP contribution in [0.4, 0.5) is 0 Å². The molecule has 2 aliphatic rings. The predicted molar refractivity (Wildman–Crippen MR) is 87.1 cm³/mol. The average Bonchev–Trinajstić information content (AvgIpc) is 3.35. The van der Waals surface area contributed by atoms with Gasteiger partial charge in [0, 0.05) is 31.3 Å². The number of para-hydroxylation sites is 1. The van der Waals surface area contributed by atoms with Crippen LogP contribution in [-0.2, 0) is 10.2 Å². The van der Waals surface area contributed by atoms with E-state index < -0.39 is 5.41 Å². The SMILES string of the molecule is Cc1nnc([C@@]23COC[C@@H]2CN(C(=O)c2cc4ccccc4o2)C3)o1. The molecule has 2 fully saturated rings. The molecule has 2 atom stereocenters. The fraction of sp³-hybridized carbons (Fsp3) is 0.389. The van der Waals surface area contributed by atoms with E-state index in [1.54, 1.807) is 13.0 Å². The topological polar surface area (TPSA) is 81.6 Å². The van der Waals surface area contributed by atoms with Crippen molar-refractivity contribution in [3.63, 3.8) is 0 Å². The van der Waals surface area contributed by atoms with Gasteiger partial charge in [0.1, 0.15) is 5.58 Å². The molecule has 4 heterocycles. The molecule has 0 spiro atoms. The van der Waals surface area contributed by atoms with E-state index >= 15 is 0 Å². The second-order valence-electron chi connectivity index (χ2n) is 6.83. The van der Waals surface area contributed by atoms with Crippen LogP contribution in [0.1, 0.15) is 22.3 Å². The Balaban J connectivity index is 1.47. The third-order valence-electron chi connectivity index (χ3n) is 5.25. The molecule has 1 aromatic carbocycles. The number of carbonyl (C=O) groups excluding carboxylic acids is 1. The third kappa shape index (κ3) is 2.12. The summed E-state index contributed by atoms with van der Waals surface area (Å²) in [6.45, 7) is 3.94. The Morgan fingerprint density at radius 2 is 2.16 bits per heavy atom. The number of benzene rings is 1. The maximum Gasteiger partial charge on any atom is 0.289 e. The van der Waals surface area contributed by atoms with E-state index in [2.05, 4.69) is 10.2 Å². The molecule has 5 rings (SSSR count). The lowest BCUT2D eigenvalue weighted by atomic mass is 9.81. The summed E-state index contributed by atoms with van der Waals surface area (Å²) in [5, 5.41) is 9.08. The smallest absolute Gasteiger partial charge is 0.289 e. The monoisotopic (exact) mass is 339 g/mol. The highest BCUT2D eigenvalue weighted by molar-refractivity contribution is 5.96. The van der Waals surface area contributed by atoms with Gasteiger partial charge in [-0.1, -0.05) is 18.2 Å². The highest BCUT2D eigenvalue weighted by Gasteiger charge is 2.56. The van der Waals surface area contributed by atoms with Crippen LogP contribution in [0, 0.1) is 12.8 Å². The number of carbonyl (C=O) groups is 1. The molecule has 3 aromatic rings. The van der Waals surface area contributed by atoms with Gasteiger partial charge in [0.25, 0.3) is 5.91 Å². The van der Waals surface area contributed by atoms with Crippen molar-refractivity contribution in [2.45, 2.75) is 12.3 Å². The summed E-state index contributed by atoms with van der Waals surface area (Å²) in [5.41, 5.74) is 0.305. The lowest BCUT2D eigenvalue weighted by Crippen LogP contribution is -2.37. The lowest BCUT2D eigenvalue weighted by molar-refractivity contribution is 0.0710. The minimum Gasteiger partial charge on any atom is -0.451 e. The second-order valence-corrected chi connectivity index (χ2v) is 6.83. The molecule has 1 amide bonds. The maximum atomic E-state index is 13.0. The number of amides is 1. The third-order valence-corrected chi connectivity index (χ3v) is 5.25. The molecule has 0 saturated carbocycles. The number of nitrogens with zero attached hydrogens (tertiary/aromatic N) is 3. The van der Waals surface area contributed by atoms with Gasteiger partial charge in [-0.05, 0) is 12.1 Å². The van der Waals surface area contributed by atoms with Crippen molar-refractivity contribution in [3.05, 3.63) is 47.9 Å². The zero-order valence-electron chi connectivity index (χ0n) is 13.8. The molecule has 0 unspecified atom stereocenters. The van der Waals surface area contributed by atoms with Crippen molar-refractivity contribution in [1.82, 2.24) is 15.1 Å². The van der Waals surface area contributed by atoms with E-state index in [1.165, 1.54) is 0 Å². The Bertz CT molecular complexity index is 929. The first-order valence-electron chi connectivity index (χ1n) is 8.32. The molecule has 0 N–H and O–H groups in total. The Hall–Kier alpha value is -2.67. The van der Waals surface area contributed by atoms with Gasteiger partial charge in [-0.3, -0.25) is 4.79 Å². The number of ether oxygens (including phenoxy) is 1. The van der Waals surface area contributed by atoms with E-state index in [0.29, 0.717) is 43.8 Å². The number of aryl methyl sites for hydroxylation is 1. The maximum absolute atomic E-state index is 13.0. The summed E-state index contributed by atoms with van der Waals surface area (Å²) < 4.78 is 17.1. The van der Waals surface area contributed by atoms with Gasteiger partial charge in [-0.15, -0.1) is 10.2 Å². The zero-order chi connectivity index (χ0) is 17.0. The quantitative estimate of drug-likeness (QED) is 0.712. The summed E-state index contributed by atoms with van der Waals surface area (Å²) >= 11 is 0. The molecule has 7 nitrogen and oxygen atoms in total. The molecule has 0 bridgehead atoms. The van der Waals surface area contributed by atoms with E-state index in [-0.39, 0.29) is 11.8 Å². The van der Waals surface area contributed by atoms with Gasteiger partial charge in [0.05, 0.1) is 18.6 Å². The van der Waals surface area contributed by atoms with E-state index in [1.807, 2.05) is 29.2 Å². The van der Waals surface area contributed by atoms with Crippen LogP contribution in [0.3, 0.4) is 0 Å². The Morgan fingerprint density at radius 3 is 2.96 bits per heavy atom. The molecule has 2 saturated heterocycles. The summed E-state index contributed by atoms with van der Waals surface area (Å²) in [4.78, 5) is 14.8. The van der Waals surface area contributed by atoms with Crippen LogP contribution >= 0.6 is 0 Å². The van der Waals surface area contributed by atoms with Crippen molar-refractivity contribution in [2.75, 3.05) is 26.3 Å². The fourth-order valence-electron chi connectivity index (χ4n) is 3.93. The summed E-state index contributed by atoms with van der Waals surface area (Å²) in [6.07, 6.45) is 0. The molecular formula is C18H17N3O4. The van der Waals surface area contributed by atoms with Crippen LogP contribution in [0.5, 0.6) is 0 Å². The Labute approximate surface area is 143 Å². The Kier molecular flexibility index (Phi) is 3.03. The van der Waals surface area contributed by atoms with Gasteiger partial charge in [0.2, 0.25) is 11.8 Å². The van der Waals surface area contributed by atoms with E-state index in [4.69, 9.17) is 13.6 Å². The molecule has 7 heteroatoms. The van der Waals surface area contributed by atoms with Crippen molar-refractivity contribution >= 4 is 16.9 Å². The number of furan rings is 1. The van der Waals surface area contributed by atoms with Crippen molar-refractivity contribution in [1.29, 1.82) is 0 Å². The molecule has 128 valence electrons. The predicted octanol–water partition coefficient (Wildman–Crippen LogP) is 2.16. The molecule has 2 aromatic heterocycles. The number of hydrogen-bond donors (Lipinski definition) is 0. The Morgan fingerprint density at radius 1 is 1.28 bits per heavy atom.